The first kappa shape index (κ1) is 19.7. The first-order chi connectivity index (χ1) is 13.6. The lowest BCUT2D eigenvalue weighted by Crippen LogP contribution is -2.51. The molecule has 154 valence electrons. The highest BCUT2D eigenvalue weighted by atomic mass is 16.5. The van der Waals surface area contributed by atoms with Crippen LogP contribution in [0.15, 0.2) is 18.2 Å². The van der Waals surface area contributed by atoms with Crippen molar-refractivity contribution >= 4 is 11.5 Å². The topological polar surface area (TPSA) is 58.8 Å². The lowest BCUT2D eigenvalue weighted by molar-refractivity contribution is 0.0659. The fourth-order valence-electron chi connectivity index (χ4n) is 4.96. The highest BCUT2D eigenvalue weighted by molar-refractivity contribution is 5.97. The highest BCUT2D eigenvalue weighted by Gasteiger charge is 2.31. The molecule has 0 spiro atoms. The van der Waals surface area contributed by atoms with Crippen LogP contribution in [0, 0.1) is 11.8 Å². The van der Waals surface area contributed by atoms with Crippen LogP contribution in [0.2, 0.25) is 0 Å². The Balaban J connectivity index is 1.21. The standard InChI is InChI=1S/C23H35N3O2/c1-28-23-15-19(6-9-21(23)24)22(27)14-17-4-7-20(8-5-17)26-12-10-25(11-13-26)16-18-2-3-18/h6,9,15,17-18,20H,2-5,7-8,10-14,16,24H2,1H3. The second kappa shape index (κ2) is 8.83. The maximum Gasteiger partial charge on any atom is 0.163 e. The molecular formula is C23H35N3O2. The number of ether oxygens (including phenoxy) is 1. The minimum Gasteiger partial charge on any atom is -0.495 e. The van der Waals surface area contributed by atoms with Crippen molar-refractivity contribution < 1.29 is 9.53 Å². The molecule has 1 heterocycles. The largest absolute Gasteiger partial charge is 0.495 e. The van der Waals surface area contributed by atoms with E-state index >= 15 is 0 Å². The molecule has 2 saturated carbocycles. The molecular weight excluding hydrogens is 350 g/mol. The van der Waals surface area contributed by atoms with Gasteiger partial charge in [0.1, 0.15) is 5.75 Å². The monoisotopic (exact) mass is 385 g/mol. The van der Waals surface area contributed by atoms with E-state index in [4.69, 9.17) is 10.5 Å². The number of carbonyl (C=O) groups excluding carboxylic acids is 1. The summed E-state index contributed by atoms with van der Waals surface area (Å²) in [6.45, 7) is 6.28. The predicted molar refractivity (Wildman–Crippen MR) is 113 cm³/mol. The van der Waals surface area contributed by atoms with E-state index in [9.17, 15) is 4.79 Å². The van der Waals surface area contributed by atoms with Gasteiger partial charge in [0.05, 0.1) is 12.8 Å². The third-order valence-corrected chi connectivity index (χ3v) is 6.98. The molecule has 3 aliphatic rings. The Bertz CT molecular complexity index is 672. The van der Waals surface area contributed by atoms with Crippen molar-refractivity contribution in [3.63, 3.8) is 0 Å². The summed E-state index contributed by atoms with van der Waals surface area (Å²) < 4.78 is 5.25. The fraction of sp³-hybridized carbons (Fsp3) is 0.696. The molecule has 1 aliphatic heterocycles. The average Bonchev–Trinajstić information content (AvgIpc) is 3.53. The summed E-state index contributed by atoms with van der Waals surface area (Å²) in [5, 5.41) is 0. The molecule has 4 rings (SSSR count). The molecule has 0 unspecified atom stereocenters. The Labute approximate surface area is 169 Å². The van der Waals surface area contributed by atoms with Gasteiger partial charge < -0.3 is 15.4 Å². The van der Waals surface area contributed by atoms with E-state index in [1.54, 1.807) is 19.2 Å². The number of benzene rings is 1. The van der Waals surface area contributed by atoms with Gasteiger partial charge in [0.15, 0.2) is 5.78 Å². The number of hydrogen-bond donors (Lipinski definition) is 1. The molecule has 2 N–H and O–H groups in total. The molecule has 0 aromatic heterocycles. The van der Waals surface area contributed by atoms with Gasteiger partial charge in [-0.05, 0) is 68.6 Å². The summed E-state index contributed by atoms with van der Waals surface area (Å²) in [4.78, 5) is 18.1. The first-order valence-electron chi connectivity index (χ1n) is 11.1. The molecule has 2 aliphatic carbocycles. The van der Waals surface area contributed by atoms with Crippen LogP contribution in [-0.4, -0.2) is 61.5 Å². The summed E-state index contributed by atoms with van der Waals surface area (Å²) in [6.07, 6.45) is 8.38. The molecule has 0 bridgehead atoms. The third-order valence-electron chi connectivity index (χ3n) is 6.98. The predicted octanol–water partition coefficient (Wildman–Crippen LogP) is 3.44. The smallest absolute Gasteiger partial charge is 0.163 e. The summed E-state index contributed by atoms with van der Waals surface area (Å²) in [7, 11) is 1.59. The van der Waals surface area contributed by atoms with Crippen LogP contribution >= 0.6 is 0 Å². The van der Waals surface area contributed by atoms with Gasteiger partial charge in [-0.1, -0.05) is 0 Å². The van der Waals surface area contributed by atoms with Gasteiger partial charge in [0.25, 0.3) is 0 Å². The molecule has 0 radical (unpaired) electrons. The number of piperazine rings is 1. The van der Waals surface area contributed by atoms with Crippen LogP contribution in [0.3, 0.4) is 0 Å². The van der Waals surface area contributed by atoms with Gasteiger partial charge in [-0.3, -0.25) is 9.69 Å². The minimum atomic E-state index is 0.218. The van der Waals surface area contributed by atoms with Gasteiger partial charge >= 0.3 is 0 Å². The van der Waals surface area contributed by atoms with Crippen LogP contribution in [0.5, 0.6) is 5.75 Å². The number of methoxy groups -OCH3 is 1. The second-order valence-electron chi connectivity index (χ2n) is 9.04. The molecule has 5 heteroatoms. The lowest BCUT2D eigenvalue weighted by atomic mass is 9.81. The zero-order valence-corrected chi connectivity index (χ0v) is 17.2. The van der Waals surface area contributed by atoms with E-state index in [1.807, 2.05) is 6.07 Å². The Kier molecular flexibility index (Phi) is 6.22. The number of carbonyl (C=O) groups is 1. The highest BCUT2D eigenvalue weighted by Crippen LogP contribution is 2.33. The van der Waals surface area contributed by atoms with Gasteiger partial charge in [0.2, 0.25) is 0 Å². The zero-order chi connectivity index (χ0) is 19.5. The number of hydrogen-bond acceptors (Lipinski definition) is 5. The van der Waals surface area contributed by atoms with E-state index in [2.05, 4.69) is 9.80 Å². The van der Waals surface area contributed by atoms with Gasteiger partial charge in [-0.25, -0.2) is 0 Å². The number of Topliss-reactive ketones (excluding diaryl/α,β-unsaturated/α-hetero) is 1. The van der Waals surface area contributed by atoms with E-state index < -0.39 is 0 Å². The molecule has 3 fully saturated rings. The summed E-state index contributed by atoms with van der Waals surface area (Å²) >= 11 is 0. The molecule has 1 saturated heterocycles. The lowest BCUT2D eigenvalue weighted by Gasteiger charge is -2.42. The van der Waals surface area contributed by atoms with E-state index in [0.29, 0.717) is 23.8 Å². The van der Waals surface area contributed by atoms with Crippen LogP contribution in [0.25, 0.3) is 0 Å². The van der Waals surface area contributed by atoms with Crippen molar-refractivity contribution in [3.05, 3.63) is 23.8 Å². The van der Waals surface area contributed by atoms with Crippen LogP contribution in [0.4, 0.5) is 5.69 Å². The molecule has 5 nitrogen and oxygen atoms in total. The van der Waals surface area contributed by atoms with E-state index in [1.165, 1.54) is 71.2 Å². The zero-order valence-electron chi connectivity index (χ0n) is 17.2. The van der Waals surface area contributed by atoms with Crippen LogP contribution < -0.4 is 10.5 Å². The second-order valence-corrected chi connectivity index (χ2v) is 9.04. The number of anilines is 1. The van der Waals surface area contributed by atoms with Crippen molar-refractivity contribution in [2.24, 2.45) is 11.8 Å². The quantitative estimate of drug-likeness (QED) is 0.576. The van der Waals surface area contributed by atoms with Crippen molar-refractivity contribution in [3.8, 4) is 5.75 Å². The summed E-state index contributed by atoms with van der Waals surface area (Å²) in [6, 6.07) is 6.11. The maximum atomic E-state index is 12.7. The average molecular weight is 386 g/mol. The fourth-order valence-corrected chi connectivity index (χ4v) is 4.96. The minimum absolute atomic E-state index is 0.218. The van der Waals surface area contributed by atoms with E-state index in [0.717, 1.165) is 17.5 Å². The van der Waals surface area contributed by atoms with E-state index in [-0.39, 0.29) is 5.78 Å². The molecule has 0 atom stereocenters. The Morgan fingerprint density at radius 1 is 1.04 bits per heavy atom. The van der Waals surface area contributed by atoms with Crippen molar-refractivity contribution in [1.29, 1.82) is 0 Å². The van der Waals surface area contributed by atoms with Gasteiger partial charge in [-0.2, -0.15) is 0 Å². The number of nitrogens with two attached hydrogens (primary N) is 1. The molecule has 1 aromatic carbocycles. The molecule has 28 heavy (non-hydrogen) atoms. The number of ketones is 1. The van der Waals surface area contributed by atoms with Gasteiger partial charge in [0, 0.05) is 50.7 Å². The Hall–Kier alpha value is -1.59. The number of nitrogen functional groups attached to an aromatic ring is 1. The first-order valence-corrected chi connectivity index (χ1v) is 11.1. The number of rotatable bonds is 7. The number of nitrogens with zero attached hydrogens (tertiary/aromatic N) is 2. The van der Waals surface area contributed by atoms with Crippen LogP contribution in [0.1, 0.15) is 55.3 Å². The SMILES string of the molecule is COc1cc(C(=O)CC2CCC(N3CCN(CC4CC4)CC3)CC2)ccc1N. The van der Waals surface area contributed by atoms with Crippen molar-refractivity contribution in [2.75, 3.05) is 45.6 Å². The molecule has 0 amide bonds. The van der Waals surface area contributed by atoms with Crippen molar-refractivity contribution in [2.45, 2.75) is 51.0 Å². The van der Waals surface area contributed by atoms with Crippen LogP contribution in [-0.2, 0) is 0 Å². The third kappa shape index (κ3) is 4.87. The summed E-state index contributed by atoms with van der Waals surface area (Å²) in [5.74, 6) is 2.33. The molecule has 1 aromatic rings. The Morgan fingerprint density at radius 2 is 1.71 bits per heavy atom. The van der Waals surface area contributed by atoms with Crippen molar-refractivity contribution in [1.82, 2.24) is 9.80 Å². The maximum absolute atomic E-state index is 12.7. The normalized spacial score (nSPS) is 26.9. The summed E-state index contributed by atoms with van der Waals surface area (Å²) in [5.41, 5.74) is 7.16. The Morgan fingerprint density at radius 3 is 2.36 bits per heavy atom. The van der Waals surface area contributed by atoms with Gasteiger partial charge in [-0.15, -0.1) is 0 Å².